The van der Waals surface area contributed by atoms with Crippen molar-refractivity contribution in [3.8, 4) is 28.4 Å². The Labute approximate surface area is 222 Å². The van der Waals surface area contributed by atoms with Gasteiger partial charge in [-0.1, -0.05) is 35.3 Å². The summed E-state index contributed by atoms with van der Waals surface area (Å²) in [7, 11) is 0. The van der Waals surface area contributed by atoms with Crippen molar-refractivity contribution in [2.45, 2.75) is 12.3 Å². The first-order chi connectivity index (χ1) is 17.9. The number of rotatable bonds is 6. The smallest absolute Gasteiger partial charge is 0.311 e. The summed E-state index contributed by atoms with van der Waals surface area (Å²) in [6.07, 6.45) is 2.00. The summed E-state index contributed by atoms with van der Waals surface area (Å²) < 4.78 is 11.5. The molecular weight excluding hydrogens is 515 g/mol. The number of fused-ring (bicyclic) bond motifs is 1. The van der Waals surface area contributed by atoms with Gasteiger partial charge in [-0.2, -0.15) is 0 Å². The maximum absolute atomic E-state index is 12.8. The van der Waals surface area contributed by atoms with Crippen molar-refractivity contribution in [1.29, 1.82) is 0 Å². The fraction of sp³-hybridized carbons (Fsp3) is 0.107. The number of nitrogens with zero attached hydrogens (tertiary/aromatic N) is 1. The van der Waals surface area contributed by atoms with Gasteiger partial charge in [-0.25, -0.2) is 4.98 Å². The molecule has 7 nitrogen and oxygen atoms in total. The summed E-state index contributed by atoms with van der Waals surface area (Å²) in [6.45, 7) is 0.298. The van der Waals surface area contributed by atoms with Crippen molar-refractivity contribution in [1.82, 2.24) is 4.98 Å². The van der Waals surface area contributed by atoms with E-state index in [1.807, 2.05) is 18.2 Å². The summed E-state index contributed by atoms with van der Waals surface area (Å²) in [6, 6.07) is 20.7. The minimum Gasteiger partial charge on any atom is -0.493 e. The van der Waals surface area contributed by atoms with Gasteiger partial charge in [0, 0.05) is 28.4 Å². The van der Waals surface area contributed by atoms with Gasteiger partial charge in [-0.3, -0.25) is 9.59 Å². The topological polar surface area (TPSA) is 97.8 Å². The highest BCUT2D eigenvalue weighted by Gasteiger charge is 2.29. The average molecular weight is 535 g/mol. The molecule has 1 unspecified atom stereocenters. The van der Waals surface area contributed by atoms with E-state index in [1.54, 1.807) is 60.8 Å². The molecule has 0 radical (unpaired) electrons. The third kappa shape index (κ3) is 5.53. The van der Waals surface area contributed by atoms with Gasteiger partial charge in [0.2, 0.25) is 0 Å². The largest absolute Gasteiger partial charge is 0.493 e. The van der Waals surface area contributed by atoms with Crippen LogP contribution in [0.4, 0.5) is 5.82 Å². The highest BCUT2D eigenvalue weighted by molar-refractivity contribution is 6.32. The average Bonchev–Trinajstić information content (AvgIpc) is 2.89. The van der Waals surface area contributed by atoms with Crippen LogP contribution in [0.1, 0.15) is 28.3 Å². The van der Waals surface area contributed by atoms with Crippen LogP contribution in [0.5, 0.6) is 17.2 Å². The van der Waals surface area contributed by atoms with Crippen LogP contribution in [0.25, 0.3) is 11.1 Å². The molecular formula is C28H20Cl2N2O5. The van der Waals surface area contributed by atoms with Crippen LogP contribution < -0.4 is 14.8 Å². The summed E-state index contributed by atoms with van der Waals surface area (Å²) in [5, 5.41) is 13.2. The second-order valence-electron chi connectivity index (χ2n) is 8.37. The van der Waals surface area contributed by atoms with Crippen molar-refractivity contribution in [2.24, 2.45) is 0 Å². The Balaban J connectivity index is 1.28. The van der Waals surface area contributed by atoms with E-state index in [4.69, 9.17) is 32.7 Å². The zero-order valence-corrected chi connectivity index (χ0v) is 20.8. The summed E-state index contributed by atoms with van der Waals surface area (Å²) in [4.78, 5) is 28.5. The van der Waals surface area contributed by atoms with E-state index in [1.165, 1.54) is 0 Å². The number of nitrogens with one attached hydrogen (secondary N) is 1. The Morgan fingerprint density at radius 2 is 1.73 bits per heavy atom. The Bertz CT molecular complexity index is 1470. The van der Waals surface area contributed by atoms with Crippen LogP contribution in [0, 0.1) is 0 Å². The molecule has 9 heteroatoms. The number of benzene rings is 3. The molecule has 0 saturated heterocycles. The number of carboxylic acids is 1. The molecule has 0 bridgehead atoms. The van der Waals surface area contributed by atoms with E-state index >= 15 is 0 Å². The van der Waals surface area contributed by atoms with E-state index in [0.29, 0.717) is 52.2 Å². The molecule has 1 atom stereocenters. The molecule has 0 saturated carbocycles. The molecule has 0 aliphatic carbocycles. The second-order valence-corrected chi connectivity index (χ2v) is 9.21. The van der Waals surface area contributed by atoms with Gasteiger partial charge >= 0.3 is 5.97 Å². The highest BCUT2D eigenvalue weighted by Crippen LogP contribution is 2.41. The normalized spacial score (nSPS) is 14.3. The second kappa shape index (κ2) is 10.5. The van der Waals surface area contributed by atoms with E-state index in [9.17, 15) is 14.7 Å². The van der Waals surface area contributed by atoms with Gasteiger partial charge < -0.3 is 19.9 Å². The summed E-state index contributed by atoms with van der Waals surface area (Å²) in [5.41, 5.74) is 2.78. The first-order valence-electron chi connectivity index (χ1n) is 11.4. The third-order valence-corrected chi connectivity index (χ3v) is 6.47. The molecule has 37 heavy (non-hydrogen) atoms. The van der Waals surface area contributed by atoms with Crippen LogP contribution in [-0.2, 0) is 4.79 Å². The first kappa shape index (κ1) is 24.6. The van der Waals surface area contributed by atoms with Gasteiger partial charge in [0.25, 0.3) is 5.91 Å². The van der Waals surface area contributed by atoms with E-state index in [2.05, 4.69) is 10.3 Å². The molecule has 2 N–H and O–H groups in total. The number of halogens is 2. The van der Waals surface area contributed by atoms with E-state index in [0.717, 1.165) is 11.1 Å². The number of amides is 1. The molecule has 5 rings (SSSR count). The van der Waals surface area contributed by atoms with Gasteiger partial charge in [0.15, 0.2) is 0 Å². The first-order valence-corrected chi connectivity index (χ1v) is 12.1. The maximum atomic E-state index is 12.8. The minimum absolute atomic E-state index is 0.268. The van der Waals surface area contributed by atoms with Gasteiger partial charge in [-0.15, -0.1) is 0 Å². The molecule has 4 aromatic rings. The lowest BCUT2D eigenvalue weighted by atomic mass is 9.93. The van der Waals surface area contributed by atoms with Crippen LogP contribution in [0.2, 0.25) is 10.0 Å². The number of hydrogen-bond donors (Lipinski definition) is 2. The lowest BCUT2D eigenvalue weighted by Crippen LogP contribution is -2.20. The lowest BCUT2D eigenvalue weighted by molar-refractivity contribution is -0.139. The predicted octanol–water partition coefficient (Wildman–Crippen LogP) is 7.05. The molecule has 186 valence electrons. The standard InChI is InChI=1S/C28H20Cl2N2O5/c29-19-5-1-16(2-6-19)18-9-11-31-26(13-18)32-27(33)17-3-7-20(8-4-17)37-25-15-24-22(14-23(25)30)21(28(34)35)10-12-36-24/h1-9,11,13-15,21H,10,12H2,(H,34,35)(H,31,32,33). The maximum Gasteiger partial charge on any atom is 0.311 e. The molecule has 0 spiro atoms. The highest BCUT2D eigenvalue weighted by atomic mass is 35.5. The summed E-state index contributed by atoms with van der Waals surface area (Å²) >= 11 is 12.3. The number of carboxylic acid groups (broad SMARTS) is 1. The van der Waals surface area contributed by atoms with Crippen molar-refractivity contribution in [3.05, 3.63) is 100 Å². The van der Waals surface area contributed by atoms with Crippen molar-refractivity contribution < 1.29 is 24.2 Å². The fourth-order valence-corrected chi connectivity index (χ4v) is 4.37. The van der Waals surface area contributed by atoms with Gasteiger partial charge in [-0.05, 0) is 72.1 Å². The lowest BCUT2D eigenvalue weighted by Gasteiger charge is -2.24. The van der Waals surface area contributed by atoms with Crippen LogP contribution in [-0.4, -0.2) is 28.6 Å². The Morgan fingerprint density at radius 1 is 0.973 bits per heavy atom. The zero-order valence-electron chi connectivity index (χ0n) is 19.3. The molecule has 2 heterocycles. The number of ether oxygens (including phenoxy) is 2. The van der Waals surface area contributed by atoms with Crippen molar-refractivity contribution >= 4 is 40.9 Å². The fourth-order valence-electron chi connectivity index (χ4n) is 4.03. The molecule has 0 fully saturated rings. The van der Waals surface area contributed by atoms with Crippen LogP contribution in [0.15, 0.2) is 79.0 Å². The molecule has 3 aromatic carbocycles. The number of pyridine rings is 1. The molecule has 1 aliphatic heterocycles. The monoisotopic (exact) mass is 534 g/mol. The molecule has 1 aromatic heterocycles. The Kier molecular flexibility index (Phi) is 6.99. The summed E-state index contributed by atoms with van der Waals surface area (Å²) in [5.74, 6) is -0.295. The van der Waals surface area contributed by atoms with E-state index in [-0.39, 0.29) is 10.9 Å². The Morgan fingerprint density at radius 3 is 2.46 bits per heavy atom. The predicted molar refractivity (Wildman–Crippen MR) is 141 cm³/mol. The number of carbonyl (C=O) groups excluding carboxylic acids is 1. The number of hydrogen-bond acceptors (Lipinski definition) is 5. The number of aliphatic carboxylic acids is 1. The quantitative estimate of drug-likeness (QED) is 0.275. The van der Waals surface area contributed by atoms with Gasteiger partial charge in [0.05, 0.1) is 17.5 Å². The number of carbonyl (C=O) groups is 2. The van der Waals surface area contributed by atoms with Crippen LogP contribution >= 0.6 is 23.2 Å². The van der Waals surface area contributed by atoms with Gasteiger partial charge in [0.1, 0.15) is 23.1 Å². The van der Waals surface area contributed by atoms with Crippen molar-refractivity contribution in [3.63, 3.8) is 0 Å². The van der Waals surface area contributed by atoms with Crippen molar-refractivity contribution in [2.75, 3.05) is 11.9 Å². The van der Waals surface area contributed by atoms with E-state index < -0.39 is 11.9 Å². The Hall–Kier alpha value is -4.07. The number of anilines is 1. The minimum atomic E-state index is -0.921. The van der Waals surface area contributed by atoms with Crippen LogP contribution in [0.3, 0.4) is 0 Å². The molecule has 1 amide bonds. The zero-order chi connectivity index (χ0) is 25.9. The SMILES string of the molecule is O=C(Nc1cc(-c2ccc(Cl)cc2)ccn1)c1ccc(Oc2cc3c(cc2Cl)C(C(=O)O)CCO3)cc1. The molecule has 1 aliphatic rings. The number of aromatic nitrogens is 1. The third-order valence-electron chi connectivity index (χ3n) is 5.93.